The second-order valence-electron chi connectivity index (χ2n) is 5.80. The van der Waals surface area contributed by atoms with Crippen LogP contribution in [0.25, 0.3) is 0 Å². The molecule has 6 nitrogen and oxygen atoms in total. The van der Waals surface area contributed by atoms with Crippen molar-refractivity contribution in [2.45, 2.75) is 31.5 Å². The lowest BCUT2D eigenvalue weighted by atomic mass is 9.98. The number of methoxy groups -OCH3 is 1. The zero-order valence-corrected chi connectivity index (χ0v) is 13.0. The third-order valence-corrected chi connectivity index (χ3v) is 3.95. The van der Waals surface area contributed by atoms with Gasteiger partial charge in [-0.2, -0.15) is 0 Å². The fourth-order valence-electron chi connectivity index (χ4n) is 2.73. The van der Waals surface area contributed by atoms with Crippen LogP contribution in [-0.4, -0.2) is 48.6 Å². The molecule has 0 aromatic heterocycles. The van der Waals surface area contributed by atoms with Crippen molar-refractivity contribution in [1.29, 1.82) is 0 Å². The summed E-state index contributed by atoms with van der Waals surface area (Å²) >= 11 is 0. The maximum atomic E-state index is 12.2. The maximum Gasteiger partial charge on any atom is 0.332 e. The van der Waals surface area contributed by atoms with Crippen molar-refractivity contribution in [2.75, 3.05) is 20.2 Å². The highest BCUT2D eigenvalue weighted by Crippen LogP contribution is 2.24. The van der Waals surface area contributed by atoms with Crippen LogP contribution in [0.5, 0.6) is 0 Å². The van der Waals surface area contributed by atoms with E-state index in [9.17, 15) is 9.59 Å². The zero-order chi connectivity index (χ0) is 16.2. The molecule has 0 bridgehead atoms. The largest absolute Gasteiger partial charge is 0.467 e. The first-order valence-corrected chi connectivity index (χ1v) is 7.39. The fourth-order valence-corrected chi connectivity index (χ4v) is 2.73. The van der Waals surface area contributed by atoms with Crippen LogP contribution >= 0.6 is 0 Å². The third kappa shape index (κ3) is 3.64. The summed E-state index contributed by atoms with van der Waals surface area (Å²) in [5, 5.41) is 2.78. The van der Waals surface area contributed by atoms with Crippen LogP contribution in [0.3, 0.4) is 0 Å². The summed E-state index contributed by atoms with van der Waals surface area (Å²) < 4.78 is 4.90. The average molecular weight is 305 g/mol. The number of amides is 1. The lowest BCUT2D eigenvalue weighted by molar-refractivity contribution is -0.150. The van der Waals surface area contributed by atoms with Crippen LogP contribution in [0, 0.1) is 0 Å². The molecule has 22 heavy (non-hydrogen) atoms. The summed E-state index contributed by atoms with van der Waals surface area (Å²) in [6, 6.07) is 9.35. The van der Waals surface area contributed by atoms with Crippen molar-refractivity contribution in [3.63, 3.8) is 0 Å². The van der Waals surface area contributed by atoms with Crippen molar-refractivity contribution in [1.82, 2.24) is 10.2 Å². The van der Waals surface area contributed by atoms with Gasteiger partial charge in [0.05, 0.1) is 13.2 Å². The van der Waals surface area contributed by atoms with Crippen LogP contribution < -0.4 is 11.1 Å². The molecule has 1 amide bonds. The van der Waals surface area contributed by atoms with E-state index in [4.69, 9.17) is 10.5 Å². The second-order valence-corrected chi connectivity index (χ2v) is 5.80. The molecule has 1 aliphatic rings. The number of carbonyl (C=O) groups is 2. The molecule has 0 aliphatic carbocycles. The molecule has 3 N–H and O–H groups in total. The number of likely N-dealkylation sites (tertiary alicyclic amines) is 1. The number of hydrogen-bond acceptors (Lipinski definition) is 5. The molecule has 1 aromatic carbocycles. The van der Waals surface area contributed by atoms with Crippen molar-refractivity contribution < 1.29 is 14.3 Å². The van der Waals surface area contributed by atoms with E-state index in [-0.39, 0.29) is 5.91 Å². The Bertz CT molecular complexity index is 533. The van der Waals surface area contributed by atoms with E-state index in [1.54, 1.807) is 6.92 Å². The number of rotatable bonds is 5. The van der Waals surface area contributed by atoms with Gasteiger partial charge in [0.2, 0.25) is 5.91 Å². The summed E-state index contributed by atoms with van der Waals surface area (Å²) in [7, 11) is 1.34. The molecule has 0 spiro atoms. The number of hydrogen-bond donors (Lipinski definition) is 2. The van der Waals surface area contributed by atoms with E-state index >= 15 is 0 Å². The van der Waals surface area contributed by atoms with Crippen LogP contribution in [0.15, 0.2) is 30.3 Å². The Morgan fingerprint density at radius 1 is 1.41 bits per heavy atom. The number of esters is 1. The van der Waals surface area contributed by atoms with E-state index in [0.717, 1.165) is 6.54 Å². The Balaban J connectivity index is 2.09. The predicted octanol–water partition coefficient (Wildman–Crippen LogP) is 0.268. The Labute approximate surface area is 130 Å². The number of benzene rings is 1. The highest BCUT2D eigenvalue weighted by Gasteiger charge is 2.47. The Morgan fingerprint density at radius 3 is 2.68 bits per heavy atom. The predicted molar refractivity (Wildman–Crippen MR) is 82.9 cm³/mol. The minimum Gasteiger partial charge on any atom is -0.467 e. The van der Waals surface area contributed by atoms with E-state index in [2.05, 4.69) is 10.2 Å². The van der Waals surface area contributed by atoms with E-state index in [1.807, 2.05) is 30.3 Å². The van der Waals surface area contributed by atoms with Gasteiger partial charge in [-0.3, -0.25) is 9.69 Å². The summed E-state index contributed by atoms with van der Waals surface area (Å²) in [5.41, 5.74) is 5.76. The maximum absolute atomic E-state index is 12.2. The average Bonchev–Trinajstić information content (AvgIpc) is 2.91. The van der Waals surface area contributed by atoms with Crippen LogP contribution in [0.1, 0.15) is 18.9 Å². The molecule has 2 rings (SSSR count). The van der Waals surface area contributed by atoms with Crippen molar-refractivity contribution in [2.24, 2.45) is 5.73 Å². The quantitative estimate of drug-likeness (QED) is 0.763. The molecular weight excluding hydrogens is 282 g/mol. The second kappa shape index (κ2) is 6.89. The smallest absolute Gasteiger partial charge is 0.332 e. The normalized spacial score (nSPS) is 23.0. The molecule has 0 saturated carbocycles. The molecule has 1 unspecified atom stereocenters. The SMILES string of the molecule is COC(=O)C1(NC(=O)[C@@H](C)N)CCN(Cc2ccccc2)C1. The van der Waals surface area contributed by atoms with Gasteiger partial charge < -0.3 is 15.8 Å². The third-order valence-electron chi connectivity index (χ3n) is 3.95. The van der Waals surface area contributed by atoms with Gasteiger partial charge in [0.15, 0.2) is 5.54 Å². The van der Waals surface area contributed by atoms with Gasteiger partial charge in [0.1, 0.15) is 0 Å². The number of nitrogens with one attached hydrogen (secondary N) is 1. The van der Waals surface area contributed by atoms with E-state index in [0.29, 0.717) is 19.5 Å². The first-order valence-electron chi connectivity index (χ1n) is 7.39. The first-order chi connectivity index (χ1) is 10.5. The molecule has 1 saturated heterocycles. The summed E-state index contributed by atoms with van der Waals surface area (Å²) in [6.45, 7) is 3.46. The highest BCUT2D eigenvalue weighted by molar-refractivity contribution is 5.90. The first kappa shape index (κ1) is 16.5. The summed E-state index contributed by atoms with van der Waals surface area (Å²) in [6.07, 6.45) is 0.519. The molecule has 2 atom stereocenters. The summed E-state index contributed by atoms with van der Waals surface area (Å²) in [4.78, 5) is 26.2. The highest BCUT2D eigenvalue weighted by atomic mass is 16.5. The molecule has 6 heteroatoms. The van der Waals surface area contributed by atoms with Gasteiger partial charge in [0, 0.05) is 19.6 Å². The number of carbonyl (C=O) groups excluding carboxylic acids is 2. The minimum atomic E-state index is -1.01. The topological polar surface area (TPSA) is 84.7 Å². The number of ether oxygens (including phenoxy) is 1. The summed E-state index contributed by atoms with van der Waals surface area (Å²) in [5.74, 6) is -0.760. The molecule has 1 heterocycles. The van der Waals surface area contributed by atoms with Gasteiger partial charge in [-0.15, -0.1) is 0 Å². The Morgan fingerprint density at radius 2 is 2.09 bits per heavy atom. The molecule has 0 radical (unpaired) electrons. The Kier molecular flexibility index (Phi) is 5.15. The van der Waals surface area contributed by atoms with E-state index in [1.165, 1.54) is 12.7 Å². The minimum absolute atomic E-state index is 0.341. The zero-order valence-electron chi connectivity index (χ0n) is 13.0. The molecule has 1 aromatic rings. The number of nitrogens with two attached hydrogens (primary N) is 1. The van der Waals surface area contributed by atoms with Crippen molar-refractivity contribution >= 4 is 11.9 Å². The van der Waals surface area contributed by atoms with Crippen molar-refractivity contribution in [3.05, 3.63) is 35.9 Å². The van der Waals surface area contributed by atoms with Crippen LogP contribution in [0.2, 0.25) is 0 Å². The van der Waals surface area contributed by atoms with E-state index < -0.39 is 17.6 Å². The number of nitrogens with zero attached hydrogens (tertiary/aromatic N) is 1. The standard InChI is InChI=1S/C16H23N3O3/c1-12(17)14(20)18-16(15(21)22-2)8-9-19(11-16)10-13-6-4-3-5-7-13/h3-7,12H,8-11,17H2,1-2H3,(H,18,20)/t12-,16?/m1/s1. The molecule has 1 aliphatic heterocycles. The molecule has 120 valence electrons. The van der Waals surface area contributed by atoms with Gasteiger partial charge in [-0.1, -0.05) is 30.3 Å². The molecule has 1 fully saturated rings. The van der Waals surface area contributed by atoms with Gasteiger partial charge >= 0.3 is 5.97 Å². The van der Waals surface area contributed by atoms with Crippen LogP contribution in [0.4, 0.5) is 0 Å². The lowest BCUT2D eigenvalue weighted by Gasteiger charge is -2.28. The fraction of sp³-hybridized carbons (Fsp3) is 0.500. The van der Waals surface area contributed by atoms with Gasteiger partial charge in [-0.25, -0.2) is 4.79 Å². The van der Waals surface area contributed by atoms with Gasteiger partial charge in [0.25, 0.3) is 0 Å². The lowest BCUT2D eigenvalue weighted by Crippen LogP contribution is -2.59. The van der Waals surface area contributed by atoms with Crippen LogP contribution in [-0.2, 0) is 20.9 Å². The van der Waals surface area contributed by atoms with Gasteiger partial charge in [-0.05, 0) is 18.9 Å². The molecular formula is C16H23N3O3. The monoisotopic (exact) mass is 305 g/mol. The van der Waals surface area contributed by atoms with Crippen molar-refractivity contribution in [3.8, 4) is 0 Å². The Hall–Kier alpha value is -1.92.